The molecule has 0 aromatic heterocycles. The summed E-state index contributed by atoms with van der Waals surface area (Å²) in [5.41, 5.74) is 1.57. The number of carbonyl (C=O) groups is 1. The van der Waals surface area contributed by atoms with Crippen LogP contribution in [0.5, 0.6) is 11.5 Å². The minimum absolute atomic E-state index is 0.162. The first-order chi connectivity index (χ1) is 11.5. The van der Waals surface area contributed by atoms with Gasteiger partial charge in [0.25, 0.3) is 0 Å². The zero-order chi connectivity index (χ0) is 17.5. The molecule has 5 nitrogen and oxygen atoms in total. The van der Waals surface area contributed by atoms with Gasteiger partial charge >= 0.3 is 0 Å². The molecule has 0 atom stereocenters. The van der Waals surface area contributed by atoms with E-state index in [4.69, 9.17) is 9.47 Å². The molecule has 0 aliphatic rings. The van der Waals surface area contributed by atoms with E-state index in [2.05, 4.69) is 5.32 Å². The van der Waals surface area contributed by atoms with E-state index >= 15 is 0 Å². The number of rotatable bonds is 7. The highest BCUT2D eigenvalue weighted by molar-refractivity contribution is 5.92. The van der Waals surface area contributed by atoms with E-state index < -0.39 is 0 Å². The fourth-order valence-corrected chi connectivity index (χ4v) is 2.33. The lowest BCUT2D eigenvalue weighted by Gasteiger charge is -2.17. The van der Waals surface area contributed by atoms with Gasteiger partial charge in [-0.3, -0.25) is 9.69 Å². The van der Waals surface area contributed by atoms with Gasteiger partial charge in [0.2, 0.25) is 5.91 Å². The number of likely N-dealkylation sites (N-methyl/N-ethyl adjacent to an activating group) is 1. The number of benzene rings is 2. The van der Waals surface area contributed by atoms with Crippen LogP contribution >= 0.6 is 0 Å². The summed E-state index contributed by atoms with van der Waals surface area (Å²) >= 11 is 0. The van der Waals surface area contributed by atoms with Crippen LogP contribution in [0.3, 0.4) is 0 Å². The molecule has 0 heterocycles. The first-order valence-corrected chi connectivity index (χ1v) is 7.46. The van der Waals surface area contributed by atoms with E-state index in [0.29, 0.717) is 23.7 Å². The number of hydrogen-bond acceptors (Lipinski definition) is 4. The zero-order valence-electron chi connectivity index (χ0n) is 14.0. The lowest BCUT2D eigenvalue weighted by atomic mass is 10.2. The van der Waals surface area contributed by atoms with E-state index in [1.54, 1.807) is 14.2 Å². The summed E-state index contributed by atoms with van der Waals surface area (Å²) in [5.74, 6) is 0.820. The van der Waals surface area contributed by atoms with Crippen LogP contribution in [0, 0.1) is 5.82 Å². The Kier molecular flexibility index (Phi) is 6.14. The fourth-order valence-electron chi connectivity index (χ4n) is 2.33. The number of methoxy groups -OCH3 is 2. The van der Waals surface area contributed by atoms with Crippen molar-refractivity contribution in [1.29, 1.82) is 0 Å². The van der Waals surface area contributed by atoms with E-state index in [1.807, 2.05) is 30.1 Å². The zero-order valence-corrected chi connectivity index (χ0v) is 14.0. The third-order valence-corrected chi connectivity index (χ3v) is 3.44. The molecule has 0 saturated heterocycles. The van der Waals surface area contributed by atoms with Crippen LogP contribution in [0.4, 0.5) is 10.1 Å². The average molecular weight is 332 g/mol. The minimum atomic E-state index is -0.335. The average Bonchev–Trinajstić information content (AvgIpc) is 2.56. The number of ether oxygens (including phenoxy) is 2. The van der Waals surface area contributed by atoms with Crippen molar-refractivity contribution in [3.63, 3.8) is 0 Å². The Morgan fingerprint density at radius 2 is 1.75 bits per heavy atom. The number of nitrogens with zero attached hydrogens (tertiary/aromatic N) is 1. The molecule has 1 amide bonds. The first kappa shape index (κ1) is 17.7. The number of anilines is 1. The highest BCUT2D eigenvalue weighted by Gasteiger charge is 2.10. The fraction of sp³-hybridized carbons (Fsp3) is 0.278. The van der Waals surface area contributed by atoms with E-state index in [0.717, 1.165) is 5.56 Å². The summed E-state index contributed by atoms with van der Waals surface area (Å²) in [5, 5.41) is 2.73. The standard InChI is InChI=1S/C18H21FN2O3/c1-21(11-13-4-9-16(23-2)17(10-13)24-3)12-18(22)20-15-7-5-14(19)6-8-15/h4-10H,11-12H2,1-3H3,(H,20,22). The maximum absolute atomic E-state index is 12.9. The number of amides is 1. The Hall–Kier alpha value is -2.60. The predicted octanol–water partition coefficient (Wildman–Crippen LogP) is 2.91. The van der Waals surface area contributed by atoms with Gasteiger partial charge in [0.05, 0.1) is 20.8 Å². The predicted molar refractivity (Wildman–Crippen MR) is 90.9 cm³/mol. The van der Waals surface area contributed by atoms with Gasteiger partial charge in [0, 0.05) is 12.2 Å². The molecule has 0 fully saturated rings. The molecule has 0 spiro atoms. The van der Waals surface area contributed by atoms with Gasteiger partial charge in [-0.25, -0.2) is 4.39 Å². The molecule has 2 rings (SSSR count). The molecular formula is C18H21FN2O3. The summed E-state index contributed by atoms with van der Waals surface area (Å²) in [4.78, 5) is 13.9. The summed E-state index contributed by atoms with van der Waals surface area (Å²) in [6.45, 7) is 0.795. The van der Waals surface area contributed by atoms with Gasteiger partial charge in [0.1, 0.15) is 5.82 Å². The Morgan fingerprint density at radius 3 is 2.38 bits per heavy atom. The minimum Gasteiger partial charge on any atom is -0.493 e. The molecule has 0 unspecified atom stereocenters. The molecule has 24 heavy (non-hydrogen) atoms. The highest BCUT2D eigenvalue weighted by atomic mass is 19.1. The second-order valence-corrected chi connectivity index (χ2v) is 5.42. The van der Waals surface area contributed by atoms with Crippen LogP contribution in [0.1, 0.15) is 5.56 Å². The van der Waals surface area contributed by atoms with Crippen molar-refractivity contribution in [2.45, 2.75) is 6.54 Å². The molecule has 0 aliphatic carbocycles. The molecular weight excluding hydrogens is 311 g/mol. The molecule has 0 saturated carbocycles. The Labute approximate surface area is 141 Å². The van der Waals surface area contributed by atoms with Crippen molar-refractivity contribution in [3.05, 3.63) is 53.8 Å². The number of nitrogens with one attached hydrogen (secondary N) is 1. The van der Waals surface area contributed by atoms with Gasteiger partial charge in [-0.2, -0.15) is 0 Å². The first-order valence-electron chi connectivity index (χ1n) is 7.46. The van der Waals surface area contributed by atoms with Crippen LogP contribution in [-0.2, 0) is 11.3 Å². The molecule has 2 aromatic carbocycles. The van der Waals surface area contributed by atoms with Gasteiger partial charge in [-0.05, 0) is 49.0 Å². The van der Waals surface area contributed by atoms with Crippen LogP contribution in [0.15, 0.2) is 42.5 Å². The molecule has 128 valence electrons. The summed E-state index contributed by atoms with van der Waals surface area (Å²) in [6, 6.07) is 11.3. The SMILES string of the molecule is COc1ccc(CN(C)CC(=O)Nc2ccc(F)cc2)cc1OC. The molecule has 0 bridgehead atoms. The molecule has 0 radical (unpaired) electrons. The van der Waals surface area contributed by atoms with Crippen LogP contribution in [-0.4, -0.2) is 38.6 Å². The van der Waals surface area contributed by atoms with Crippen LogP contribution in [0.2, 0.25) is 0 Å². The highest BCUT2D eigenvalue weighted by Crippen LogP contribution is 2.27. The molecule has 0 aliphatic heterocycles. The number of hydrogen-bond donors (Lipinski definition) is 1. The largest absolute Gasteiger partial charge is 0.493 e. The van der Waals surface area contributed by atoms with E-state index in [-0.39, 0.29) is 18.3 Å². The molecule has 2 aromatic rings. The van der Waals surface area contributed by atoms with Crippen molar-refractivity contribution < 1.29 is 18.7 Å². The van der Waals surface area contributed by atoms with Crippen LogP contribution in [0.25, 0.3) is 0 Å². The lowest BCUT2D eigenvalue weighted by Crippen LogP contribution is -2.29. The van der Waals surface area contributed by atoms with E-state index in [1.165, 1.54) is 24.3 Å². The third-order valence-electron chi connectivity index (χ3n) is 3.44. The Balaban J connectivity index is 1.91. The Morgan fingerprint density at radius 1 is 1.08 bits per heavy atom. The van der Waals surface area contributed by atoms with Crippen molar-refractivity contribution in [2.75, 3.05) is 33.1 Å². The molecule has 6 heteroatoms. The Bertz CT molecular complexity index is 689. The van der Waals surface area contributed by atoms with Gasteiger partial charge < -0.3 is 14.8 Å². The van der Waals surface area contributed by atoms with Gasteiger partial charge in [0.15, 0.2) is 11.5 Å². The maximum atomic E-state index is 12.9. The number of halogens is 1. The smallest absolute Gasteiger partial charge is 0.238 e. The summed E-state index contributed by atoms with van der Waals surface area (Å²) in [6.07, 6.45) is 0. The van der Waals surface area contributed by atoms with Gasteiger partial charge in [-0.15, -0.1) is 0 Å². The third kappa shape index (κ3) is 4.96. The van der Waals surface area contributed by atoms with Crippen LogP contribution < -0.4 is 14.8 Å². The summed E-state index contributed by atoms with van der Waals surface area (Å²) < 4.78 is 23.3. The maximum Gasteiger partial charge on any atom is 0.238 e. The molecule has 1 N–H and O–H groups in total. The second-order valence-electron chi connectivity index (χ2n) is 5.42. The van der Waals surface area contributed by atoms with Crippen molar-refractivity contribution in [2.24, 2.45) is 0 Å². The van der Waals surface area contributed by atoms with Crippen molar-refractivity contribution >= 4 is 11.6 Å². The normalized spacial score (nSPS) is 10.5. The quantitative estimate of drug-likeness (QED) is 0.847. The topological polar surface area (TPSA) is 50.8 Å². The lowest BCUT2D eigenvalue weighted by molar-refractivity contribution is -0.117. The number of carbonyl (C=O) groups excluding carboxylic acids is 1. The van der Waals surface area contributed by atoms with E-state index in [9.17, 15) is 9.18 Å². The van der Waals surface area contributed by atoms with Crippen molar-refractivity contribution in [1.82, 2.24) is 4.90 Å². The monoisotopic (exact) mass is 332 g/mol. The van der Waals surface area contributed by atoms with Crippen molar-refractivity contribution in [3.8, 4) is 11.5 Å². The second kappa shape index (κ2) is 8.31. The summed E-state index contributed by atoms with van der Waals surface area (Å²) in [7, 11) is 5.02. The van der Waals surface area contributed by atoms with Gasteiger partial charge in [-0.1, -0.05) is 6.07 Å².